The van der Waals surface area contributed by atoms with Crippen LogP contribution in [0.3, 0.4) is 0 Å². The van der Waals surface area contributed by atoms with Crippen molar-refractivity contribution in [1.29, 1.82) is 0 Å². The molecule has 0 radical (unpaired) electrons. The molecule has 0 bridgehead atoms. The molecule has 1 aromatic rings. The average Bonchev–Trinajstić information content (AvgIpc) is 2.99. The van der Waals surface area contributed by atoms with E-state index in [1.807, 2.05) is 6.92 Å². The van der Waals surface area contributed by atoms with Crippen LogP contribution >= 0.6 is 11.8 Å². The maximum absolute atomic E-state index is 12.9. The van der Waals surface area contributed by atoms with Gasteiger partial charge in [-0.15, -0.1) is 0 Å². The Morgan fingerprint density at radius 3 is 2.60 bits per heavy atom. The van der Waals surface area contributed by atoms with E-state index in [0.29, 0.717) is 5.17 Å². The molecule has 2 aliphatic rings. The molecule has 3 rings (SSSR count). The van der Waals surface area contributed by atoms with Crippen LogP contribution < -0.4 is 5.32 Å². The van der Waals surface area contributed by atoms with Crippen LogP contribution in [0.2, 0.25) is 0 Å². The Bertz CT molecular complexity index is 549. The molecule has 1 heterocycles. The zero-order chi connectivity index (χ0) is 14.2. The highest BCUT2D eigenvalue weighted by Gasteiger charge is 2.48. The minimum absolute atomic E-state index is 0.0880. The van der Waals surface area contributed by atoms with Gasteiger partial charge in [-0.3, -0.25) is 9.79 Å². The van der Waals surface area contributed by atoms with E-state index in [4.69, 9.17) is 0 Å². The van der Waals surface area contributed by atoms with Gasteiger partial charge >= 0.3 is 0 Å². The summed E-state index contributed by atoms with van der Waals surface area (Å²) in [5.41, 5.74) is 0.945. The van der Waals surface area contributed by atoms with Gasteiger partial charge in [-0.1, -0.05) is 36.7 Å². The number of halogens is 1. The van der Waals surface area contributed by atoms with Gasteiger partial charge in [0, 0.05) is 0 Å². The molecule has 0 aromatic heterocycles. The Morgan fingerprint density at radius 2 is 1.95 bits per heavy atom. The SMILES string of the molecule is C[C@H](N=C1NC(=O)C2(CCCC2)S1)c1ccc(F)cc1. The van der Waals surface area contributed by atoms with Crippen molar-refractivity contribution in [2.45, 2.75) is 43.4 Å². The van der Waals surface area contributed by atoms with E-state index in [2.05, 4.69) is 10.3 Å². The number of rotatable bonds is 2. The fraction of sp³-hybridized carbons (Fsp3) is 0.467. The fourth-order valence-electron chi connectivity index (χ4n) is 2.79. The summed E-state index contributed by atoms with van der Waals surface area (Å²) in [6.45, 7) is 1.95. The fourth-order valence-corrected chi connectivity index (χ4v) is 4.15. The van der Waals surface area contributed by atoms with Gasteiger partial charge in [0.15, 0.2) is 5.17 Å². The Hall–Kier alpha value is -1.36. The van der Waals surface area contributed by atoms with Gasteiger partial charge in [0.25, 0.3) is 0 Å². The van der Waals surface area contributed by atoms with E-state index in [-0.39, 0.29) is 22.5 Å². The molecule has 1 amide bonds. The third kappa shape index (κ3) is 2.46. The molecule has 3 nitrogen and oxygen atoms in total. The topological polar surface area (TPSA) is 41.5 Å². The lowest BCUT2D eigenvalue weighted by Crippen LogP contribution is -2.33. The van der Waals surface area contributed by atoms with E-state index in [0.717, 1.165) is 31.2 Å². The monoisotopic (exact) mass is 292 g/mol. The predicted molar refractivity (Wildman–Crippen MR) is 79.2 cm³/mol. The van der Waals surface area contributed by atoms with Crippen LogP contribution in [0, 0.1) is 5.82 Å². The number of carbonyl (C=O) groups is 1. The van der Waals surface area contributed by atoms with Crippen LogP contribution in [0.4, 0.5) is 4.39 Å². The number of amidine groups is 1. The Kier molecular flexibility index (Phi) is 3.54. The van der Waals surface area contributed by atoms with E-state index < -0.39 is 0 Å². The van der Waals surface area contributed by atoms with Crippen molar-refractivity contribution in [2.24, 2.45) is 4.99 Å². The number of nitrogens with zero attached hydrogens (tertiary/aromatic N) is 1. The zero-order valence-corrected chi connectivity index (χ0v) is 12.2. The van der Waals surface area contributed by atoms with Crippen LogP contribution in [0.25, 0.3) is 0 Å². The summed E-state index contributed by atoms with van der Waals surface area (Å²) < 4.78 is 12.6. The molecule has 1 saturated carbocycles. The molecular formula is C15H17FN2OS. The van der Waals surface area contributed by atoms with Gasteiger partial charge in [-0.2, -0.15) is 0 Å². The average molecular weight is 292 g/mol. The van der Waals surface area contributed by atoms with Gasteiger partial charge in [0.1, 0.15) is 10.6 Å². The molecule has 2 fully saturated rings. The van der Waals surface area contributed by atoms with Gasteiger partial charge in [-0.05, 0) is 37.5 Å². The Morgan fingerprint density at radius 1 is 1.30 bits per heavy atom. The maximum Gasteiger partial charge on any atom is 0.242 e. The lowest BCUT2D eigenvalue weighted by Gasteiger charge is -2.15. The first-order chi connectivity index (χ1) is 9.59. The molecule has 0 unspecified atom stereocenters. The molecule has 106 valence electrons. The zero-order valence-electron chi connectivity index (χ0n) is 11.4. The molecular weight excluding hydrogens is 275 g/mol. The quantitative estimate of drug-likeness (QED) is 0.907. The van der Waals surface area contributed by atoms with Gasteiger partial charge in [-0.25, -0.2) is 4.39 Å². The second-order valence-corrected chi connectivity index (χ2v) is 6.79. The van der Waals surface area contributed by atoms with Crippen LogP contribution in [-0.4, -0.2) is 15.8 Å². The number of carbonyl (C=O) groups excluding carboxylic acids is 1. The van der Waals surface area contributed by atoms with Gasteiger partial charge in [0.05, 0.1) is 6.04 Å². The van der Waals surface area contributed by atoms with Crippen molar-refractivity contribution in [3.05, 3.63) is 35.6 Å². The summed E-state index contributed by atoms with van der Waals surface area (Å²) >= 11 is 1.57. The minimum atomic E-state index is -0.276. The Balaban J connectivity index is 1.76. The van der Waals surface area contributed by atoms with E-state index >= 15 is 0 Å². The highest BCUT2D eigenvalue weighted by Crippen LogP contribution is 2.45. The lowest BCUT2D eigenvalue weighted by atomic mass is 10.1. The summed E-state index contributed by atoms with van der Waals surface area (Å²) in [5, 5.41) is 3.60. The number of thioether (sulfide) groups is 1. The standard InChI is InChI=1S/C15H17FN2OS/c1-10(11-4-6-12(16)7-5-11)17-14-18-13(19)15(20-14)8-2-3-9-15/h4-7,10H,2-3,8-9H2,1H3,(H,17,18,19)/t10-/m0/s1. The largest absolute Gasteiger partial charge is 0.304 e. The minimum Gasteiger partial charge on any atom is -0.304 e. The van der Waals surface area contributed by atoms with Crippen LogP contribution in [0.1, 0.15) is 44.2 Å². The van der Waals surface area contributed by atoms with E-state index in [1.54, 1.807) is 23.9 Å². The van der Waals surface area contributed by atoms with Crippen LogP contribution in [0.15, 0.2) is 29.3 Å². The molecule has 1 aliphatic carbocycles. The predicted octanol–water partition coefficient (Wildman–Crippen LogP) is 3.42. The first kappa shape index (κ1) is 13.6. The second kappa shape index (κ2) is 5.20. The third-order valence-corrected chi connectivity index (χ3v) is 5.39. The summed E-state index contributed by atoms with van der Waals surface area (Å²) in [6.07, 6.45) is 4.10. The molecule has 1 spiro atoms. The van der Waals surface area contributed by atoms with E-state index in [9.17, 15) is 9.18 Å². The van der Waals surface area contributed by atoms with Crippen molar-refractivity contribution in [1.82, 2.24) is 5.32 Å². The van der Waals surface area contributed by atoms with Crippen molar-refractivity contribution >= 4 is 22.8 Å². The smallest absolute Gasteiger partial charge is 0.242 e. The highest BCUT2D eigenvalue weighted by molar-refractivity contribution is 8.16. The molecule has 20 heavy (non-hydrogen) atoms. The number of nitrogens with one attached hydrogen (secondary N) is 1. The van der Waals surface area contributed by atoms with Gasteiger partial charge < -0.3 is 5.32 Å². The summed E-state index contributed by atoms with van der Waals surface area (Å²) in [5.74, 6) is -0.146. The van der Waals surface area contributed by atoms with Crippen molar-refractivity contribution in [3.63, 3.8) is 0 Å². The molecule has 5 heteroatoms. The van der Waals surface area contributed by atoms with Crippen molar-refractivity contribution in [3.8, 4) is 0 Å². The third-order valence-electron chi connectivity index (χ3n) is 4.00. The highest BCUT2D eigenvalue weighted by atomic mass is 32.2. The number of amides is 1. The summed E-state index contributed by atoms with van der Waals surface area (Å²) in [7, 11) is 0. The van der Waals surface area contributed by atoms with Gasteiger partial charge in [0.2, 0.25) is 5.91 Å². The van der Waals surface area contributed by atoms with Crippen molar-refractivity contribution < 1.29 is 9.18 Å². The number of benzene rings is 1. The maximum atomic E-state index is 12.9. The molecule has 1 aliphatic heterocycles. The van der Waals surface area contributed by atoms with Crippen LogP contribution in [0.5, 0.6) is 0 Å². The summed E-state index contributed by atoms with van der Waals surface area (Å²) in [4.78, 5) is 16.7. The lowest BCUT2D eigenvalue weighted by molar-refractivity contribution is -0.121. The van der Waals surface area contributed by atoms with Crippen molar-refractivity contribution in [2.75, 3.05) is 0 Å². The molecule has 1 saturated heterocycles. The first-order valence-corrected chi connectivity index (χ1v) is 7.74. The second-order valence-electron chi connectivity index (χ2n) is 5.42. The Labute approximate surface area is 122 Å². The van der Waals surface area contributed by atoms with E-state index in [1.165, 1.54) is 12.1 Å². The normalized spacial score (nSPS) is 24.3. The molecule has 1 aromatic carbocycles. The van der Waals surface area contributed by atoms with Crippen LogP contribution in [-0.2, 0) is 4.79 Å². The number of hydrogen-bond acceptors (Lipinski definition) is 3. The summed E-state index contributed by atoms with van der Waals surface area (Å²) in [6, 6.07) is 6.25. The molecule has 1 N–H and O–H groups in total. The first-order valence-electron chi connectivity index (χ1n) is 6.93. The number of aliphatic imine (C=N–C) groups is 1. The number of hydrogen-bond donors (Lipinski definition) is 1. The molecule has 1 atom stereocenters.